The smallest absolute Gasteiger partial charge is 0.244 e. The van der Waals surface area contributed by atoms with Crippen LogP contribution in [0.3, 0.4) is 0 Å². The second-order valence-electron chi connectivity index (χ2n) is 8.91. The Morgan fingerprint density at radius 2 is 1.69 bits per heavy atom. The molecule has 0 radical (unpaired) electrons. The number of benzene rings is 2. The Bertz CT molecular complexity index is 1160. The van der Waals surface area contributed by atoms with E-state index in [0.717, 1.165) is 22.5 Å². The second kappa shape index (κ2) is 12.1. The predicted octanol–water partition coefficient (Wildman–Crippen LogP) is 2.60. The van der Waals surface area contributed by atoms with Gasteiger partial charge in [0.25, 0.3) is 0 Å². The van der Waals surface area contributed by atoms with Crippen LogP contribution in [0.5, 0.6) is 11.5 Å². The van der Waals surface area contributed by atoms with Crippen LogP contribution >= 0.6 is 0 Å². The highest BCUT2D eigenvalue weighted by Crippen LogP contribution is 2.34. The Balaban J connectivity index is 1.86. The highest BCUT2D eigenvalue weighted by Gasteiger charge is 2.30. The van der Waals surface area contributed by atoms with Gasteiger partial charge in [-0.1, -0.05) is 37.3 Å². The lowest BCUT2D eigenvalue weighted by Gasteiger charge is -2.32. The maximum atomic E-state index is 13.6. The molecule has 10 heteroatoms. The quantitative estimate of drug-likeness (QED) is 0.491. The molecule has 2 aromatic rings. The molecule has 2 aromatic carbocycles. The molecular weight excluding hydrogens is 482 g/mol. The van der Waals surface area contributed by atoms with E-state index in [1.165, 1.54) is 4.90 Å². The molecule has 0 aromatic heterocycles. The number of sulfonamides is 1. The number of carbonyl (C=O) groups is 2. The van der Waals surface area contributed by atoms with E-state index in [4.69, 9.17) is 9.47 Å². The van der Waals surface area contributed by atoms with Crippen molar-refractivity contribution in [2.75, 3.05) is 36.9 Å². The number of ether oxygens (including phenoxy) is 2. The summed E-state index contributed by atoms with van der Waals surface area (Å²) < 4.78 is 37.6. The van der Waals surface area contributed by atoms with Gasteiger partial charge in [-0.3, -0.25) is 13.9 Å². The Hall–Kier alpha value is -3.27. The van der Waals surface area contributed by atoms with E-state index < -0.39 is 28.5 Å². The van der Waals surface area contributed by atoms with Crippen molar-refractivity contribution in [2.24, 2.45) is 0 Å². The SMILES string of the molecule is CC[C@H](C)NC(=O)[C@H](C)N(CCc1ccccc1)C(=O)CN(c1ccc2c(c1)OCCO2)S(C)(=O)=O. The first-order valence-corrected chi connectivity index (χ1v) is 14.0. The molecule has 0 saturated heterocycles. The zero-order chi connectivity index (χ0) is 26.3. The van der Waals surface area contributed by atoms with Crippen molar-refractivity contribution in [1.29, 1.82) is 0 Å². The molecule has 1 heterocycles. The molecular formula is C26H35N3O6S. The third kappa shape index (κ3) is 7.13. The standard InChI is InChI=1S/C26H35N3O6S/c1-5-19(2)27-26(31)20(3)28(14-13-21-9-7-6-8-10-21)25(30)18-29(36(4,32)33)22-11-12-23-24(17-22)35-16-15-34-23/h6-12,17,19-20H,5,13-16,18H2,1-4H3,(H,27,31)/t19-,20-/m0/s1. The maximum absolute atomic E-state index is 13.6. The number of hydrogen-bond donors (Lipinski definition) is 1. The fourth-order valence-corrected chi connectivity index (χ4v) is 4.68. The zero-order valence-corrected chi connectivity index (χ0v) is 22.1. The topological polar surface area (TPSA) is 105 Å². The average molecular weight is 518 g/mol. The molecule has 9 nitrogen and oxygen atoms in total. The van der Waals surface area contributed by atoms with Crippen molar-refractivity contribution in [3.8, 4) is 11.5 Å². The highest BCUT2D eigenvalue weighted by molar-refractivity contribution is 7.92. The number of carbonyl (C=O) groups excluding carboxylic acids is 2. The first-order valence-electron chi connectivity index (χ1n) is 12.1. The number of hydrogen-bond acceptors (Lipinski definition) is 6. The van der Waals surface area contributed by atoms with Crippen molar-refractivity contribution >= 4 is 27.5 Å². The van der Waals surface area contributed by atoms with Gasteiger partial charge in [0.05, 0.1) is 11.9 Å². The van der Waals surface area contributed by atoms with Gasteiger partial charge < -0.3 is 19.7 Å². The molecule has 1 aliphatic heterocycles. The van der Waals surface area contributed by atoms with Crippen LogP contribution in [0.1, 0.15) is 32.8 Å². The van der Waals surface area contributed by atoms with Gasteiger partial charge >= 0.3 is 0 Å². The number of nitrogens with one attached hydrogen (secondary N) is 1. The Labute approximate surface area is 213 Å². The van der Waals surface area contributed by atoms with E-state index in [1.54, 1.807) is 25.1 Å². The number of rotatable bonds is 11. The van der Waals surface area contributed by atoms with Gasteiger partial charge in [-0.25, -0.2) is 8.42 Å². The second-order valence-corrected chi connectivity index (χ2v) is 10.8. The van der Waals surface area contributed by atoms with Crippen LogP contribution in [0.15, 0.2) is 48.5 Å². The summed E-state index contributed by atoms with van der Waals surface area (Å²) >= 11 is 0. The van der Waals surface area contributed by atoms with Gasteiger partial charge in [-0.2, -0.15) is 0 Å². The summed E-state index contributed by atoms with van der Waals surface area (Å²) in [5.74, 6) is 0.181. The molecule has 0 bridgehead atoms. The van der Waals surface area contributed by atoms with Gasteiger partial charge in [0, 0.05) is 18.7 Å². The van der Waals surface area contributed by atoms with Crippen LogP contribution in [0.2, 0.25) is 0 Å². The minimum Gasteiger partial charge on any atom is -0.486 e. The molecule has 0 saturated carbocycles. The van der Waals surface area contributed by atoms with E-state index in [2.05, 4.69) is 5.32 Å². The Morgan fingerprint density at radius 1 is 1.03 bits per heavy atom. The third-order valence-corrected chi connectivity index (χ3v) is 7.29. The first-order chi connectivity index (χ1) is 17.1. The average Bonchev–Trinajstić information content (AvgIpc) is 2.86. The lowest BCUT2D eigenvalue weighted by atomic mass is 10.1. The van der Waals surface area contributed by atoms with E-state index in [1.807, 2.05) is 44.2 Å². The van der Waals surface area contributed by atoms with Crippen LogP contribution in [0.25, 0.3) is 0 Å². The van der Waals surface area contributed by atoms with Crippen molar-refractivity contribution in [3.05, 3.63) is 54.1 Å². The van der Waals surface area contributed by atoms with Crippen LogP contribution in [0.4, 0.5) is 5.69 Å². The summed E-state index contributed by atoms with van der Waals surface area (Å²) in [6, 6.07) is 13.6. The molecule has 0 fully saturated rings. The first kappa shape index (κ1) is 27.3. The molecule has 2 atom stereocenters. The fourth-order valence-electron chi connectivity index (χ4n) is 3.84. The van der Waals surface area contributed by atoms with Crippen LogP contribution in [0, 0.1) is 0 Å². The summed E-state index contributed by atoms with van der Waals surface area (Å²) in [5, 5.41) is 2.92. The van der Waals surface area contributed by atoms with Gasteiger partial charge in [0.2, 0.25) is 21.8 Å². The molecule has 1 N–H and O–H groups in total. The number of amides is 2. The number of anilines is 1. The monoisotopic (exact) mass is 517 g/mol. The largest absolute Gasteiger partial charge is 0.486 e. The van der Waals surface area contributed by atoms with E-state index >= 15 is 0 Å². The summed E-state index contributed by atoms with van der Waals surface area (Å²) in [7, 11) is -3.82. The maximum Gasteiger partial charge on any atom is 0.244 e. The number of nitrogens with zero attached hydrogens (tertiary/aromatic N) is 2. The van der Waals surface area contributed by atoms with Crippen molar-refractivity contribution in [2.45, 2.75) is 45.7 Å². The molecule has 196 valence electrons. The van der Waals surface area contributed by atoms with E-state index in [-0.39, 0.29) is 24.2 Å². The van der Waals surface area contributed by atoms with E-state index in [0.29, 0.717) is 31.1 Å². The van der Waals surface area contributed by atoms with Crippen molar-refractivity contribution < 1.29 is 27.5 Å². The summed E-state index contributed by atoms with van der Waals surface area (Å²) in [6.07, 6.45) is 2.32. The summed E-state index contributed by atoms with van der Waals surface area (Å²) in [4.78, 5) is 27.9. The fraction of sp³-hybridized carbons (Fsp3) is 0.462. The van der Waals surface area contributed by atoms with Crippen molar-refractivity contribution in [1.82, 2.24) is 10.2 Å². The van der Waals surface area contributed by atoms with Crippen LogP contribution in [-0.4, -0.2) is 69.8 Å². The lowest BCUT2D eigenvalue weighted by molar-refractivity contribution is -0.139. The van der Waals surface area contributed by atoms with Gasteiger partial charge in [0.15, 0.2) is 11.5 Å². The molecule has 0 unspecified atom stereocenters. The van der Waals surface area contributed by atoms with Gasteiger partial charge in [-0.15, -0.1) is 0 Å². The third-order valence-electron chi connectivity index (χ3n) is 6.15. The minimum atomic E-state index is -3.82. The Morgan fingerprint density at radius 3 is 2.33 bits per heavy atom. The van der Waals surface area contributed by atoms with Crippen molar-refractivity contribution in [3.63, 3.8) is 0 Å². The normalized spacial score (nSPS) is 14.4. The zero-order valence-electron chi connectivity index (χ0n) is 21.3. The summed E-state index contributed by atoms with van der Waals surface area (Å²) in [5.41, 5.74) is 1.30. The molecule has 1 aliphatic rings. The molecule has 0 spiro atoms. The molecule has 0 aliphatic carbocycles. The highest BCUT2D eigenvalue weighted by atomic mass is 32.2. The lowest BCUT2D eigenvalue weighted by Crippen LogP contribution is -2.53. The summed E-state index contributed by atoms with van der Waals surface area (Å²) in [6.45, 7) is 6.09. The number of fused-ring (bicyclic) bond motifs is 1. The molecule has 3 rings (SSSR count). The van der Waals surface area contributed by atoms with Gasteiger partial charge in [-0.05, 0) is 44.4 Å². The van der Waals surface area contributed by atoms with E-state index in [9.17, 15) is 18.0 Å². The van der Waals surface area contributed by atoms with Crippen LogP contribution < -0.4 is 19.1 Å². The van der Waals surface area contributed by atoms with Gasteiger partial charge in [0.1, 0.15) is 25.8 Å². The minimum absolute atomic E-state index is 0.0451. The van der Waals surface area contributed by atoms with Crippen LogP contribution in [-0.2, 0) is 26.0 Å². The molecule has 2 amide bonds. The predicted molar refractivity (Wildman–Crippen MR) is 139 cm³/mol. The molecule has 36 heavy (non-hydrogen) atoms. The Kier molecular flexibility index (Phi) is 9.19.